The topological polar surface area (TPSA) is 24.5 Å². The molecule has 1 saturated heterocycles. The summed E-state index contributed by atoms with van der Waals surface area (Å²) in [6.07, 6.45) is 2.79. The second-order valence-corrected chi connectivity index (χ2v) is 4.52. The highest BCUT2D eigenvalue weighted by molar-refractivity contribution is 4.90. The number of rotatable bonds is 6. The zero-order valence-electron chi connectivity index (χ0n) is 10.1. The van der Waals surface area contributed by atoms with Crippen LogP contribution in [0.5, 0.6) is 0 Å². The van der Waals surface area contributed by atoms with Gasteiger partial charge >= 0.3 is 0 Å². The van der Waals surface area contributed by atoms with Crippen LogP contribution in [0, 0.1) is 0 Å². The first-order valence-electron chi connectivity index (χ1n) is 5.83. The Balaban J connectivity index is 2.02. The lowest BCUT2D eigenvalue weighted by Gasteiger charge is -2.24. The maximum atomic E-state index is 5.82. The molecular weight excluding hydrogens is 188 g/mol. The fourth-order valence-corrected chi connectivity index (χ4v) is 1.88. The minimum atomic E-state index is 0.476. The van der Waals surface area contributed by atoms with E-state index in [0.29, 0.717) is 6.10 Å². The third-order valence-electron chi connectivity index (χ3n) is 2.65. The third-order valence-corrected chi connectivity index (χ3v) is 2.65. The lowest BCUT2D eigenvalue weighted by molar-refractivity contribution is 0.0241. The molecule has 1 aliphatic rings. The standard InChI is InChI=1S/C12H24N2O/c1-11(2)10-14(3)8-9-15-12-4-6-13-7-5-12/h12-13H,1,4-10H2,2-3H3. The summed E-state index contributed by atoms with van der Waals surface area (Å²) in [5.41, 5.74) is 1.21. The van der Waals surface area contributed by atoms with Gasteiger partial charge in [0, 0.05) is 13.1 Å². The zero-order valence-corrected chi connectivity index (χ0v) is 10.1. The molecule has 3 heteroatoms. The molecule has 0 aromatic carbocycles. The minimum absolute atomic E-state index is 0.476. The van der Waals surface area contributed by atoms with Crippen molar-refractivity contribution in [3.8, 4) is 0 Å². The Hall–Kier alpha value is -0.380. The van der Waals surface area contributed by atoms with Gasteiger partial charge in [-0.15, -0.1) is 0 Å². The van der Waals surface area contributed by atoms with Crippen molar-refractivity contribution in [1.29, 1.82) is 0 Å². The van der Waals surface area contributed by atoms with Crippen molar-refractivity contribution < 1.29 is 4.74 Å². The van der Waals surface area contributed by atoms with Crippen molar-refractivity contribution >= 4 is 0 Å². The van der Waals surface area contributed by atoms with Gasteiger partial charge < -0.3 is 15.0 Å². The first kappa shape index (κ1) is 12.7. The molecule has 0 saturated carbocycles. The van der Waals surface area contributed by atoms with E-state index in [-0.39, 0.29) is 0 Å². The molecule has 15 heavy (non-hydrogen) atoms. The maximum Gasteiger partial charge on any atom is 0.0600 e. The summed E-state index contributed by atoms with van der Waals surface area (Å²) in [6, 6.07) is 0. The molecule has 0 unspecified atom stereocenters. The molecule has 1 fully saturated rings. The predicted octanol–water partition coefficient (Wildman–Crippen LogP) is 1.26. The van der Waals surface area contributed by atoms with E-state index in [4.69, 9.17) is 4.74 Å². The van der Waals surface area contributed by atoms with Crippen LogP contribution in [0.2, 0.25) is 0 Å². The lowest BCUT2D eigenvalue weighted by Crippen LogP contribution is -2.34. The van der Waals surface area contributed by atoms with Crippen molar-refractivity contribution in [3.05, 3.63) is 12.2 Å². The van der Waals surface area contributed by atoms with Crippen molar-refractivity contribution in [2.45, 2.75) is 25.9 Å². The van der Waals surface area contributed by atoms with E-state index >= 15 is 0 Å². The highest BCUT2D eigenvalue weighted by Gasteiger charge is 2.12. The molecule has 0 aromatic rings. The van der Waals surface area contributed by atoms with Crippen LogP contribution in [0.15, 0.2) is 12.2 Å². The zero-order chi connectivity index (χ0) is 11.1. The summed E-state index contributed by atoms with van der Waals surface area (Å²) in [4.78, 5) is 2.25. The monoisotopic (exact) mass is 212 g/mol. The second-order valence-electron chi connectivity index (χ2n) is 4.52. The molecule has 1 N–H and O–H groups in total. The van der Waals surface area contributed by atoms with E-state index in [1.165, 1.54) is 5.57 Å². The molecule has 1 rings (SSSR count). The van der Waals surface area contributed by atoms with E-state index in [2.05, 4.69) is 30.8 Å². The summed E-state index contributed by atoms with van der Waals surface area (Å²) in [7, 11) is 2.11. The normalized spacial score (nSPS) is 18.3. The molecule has 0 bridgehead atoms. The van der Waals surface area contributed by atoms with E-state index in [0.717, 1.165) is 45.6 Å². The minimum Gasteiger partial charge on any atom is -0.377 e. The first-order valence-corrected chi connectivity index (χ1v) is 5.83. The number of likely N-dealkylation sites (N-methyl/N-ethyl adjacent to an activating group) is 1. The Morgan fingerprint density at radius 2 is 2.13 bits per heavy atom. The van der Waals surface area contributed by atoms with Gasteiger partial charge in [0.25, 0.3) is 0 Å². The van der Waals surface area contributed by atoms with Crippen LogP contribution in [-0.4, -0.2) is 50.8 Å². The second kappa shape index (κ2) is 6.99. The van der Waals surface area contributed by atoms with Crippen molar-refractivity contribution in [1.82, 2.24) is 10.2 Å². The average molecular weight is 212 g/mol. The third kappa shape index (κ3) is 5.92. The van der Waals surface area contributed by atoms with Crippen LogP contribution in [0.4, 0.5) is 0 Å². The van der Waals surface area contributed by atoms with Crippen LogP contribution in [0.3, 0.4) is 0 Å². The highest BCUT2D eigenvalue weighted by atomic mass is 16.5. The van der Waals surface area contributed by atoms with Crippen molar-refractivity contribution in [2.24, 2.45) is 0 Å². The van der Waals surface area contributed by atoms with Gasteiger partial charge in [0.1, 0.15) is 0 Å². The molecule has 3 nitrogen and oxygen atoms in total. The van der Waals surface area contributed by atoms with Crippen LogP contribution in [0.25, 0.3) is 0 Å². The van der Waals surface area contributed by atoms with Crippen LogP contribution in [0.1, 0.15) is 19.8 Å². The lowest BCUT2D eigenvalue weighted by atomic mass is 10.1. The van der Waals surface area contributed by atoms with E-state index in [9.17, 15) is 0 Å². The number of nitrogens with zero attached hydrogens (tertiary/aromatic N) is 1. The Labute approximate surface area is 93.5 Å². The van der Waals surface area contributed by atoms with Crippen LogP contribution in [-0.2, 0) is 4.74 Å². The summed E-state index contributed by atoms with van der Waals surface area (Å²) in [6.45, 7) is 11.0. The van der Waals surface area contributed by atoms with Crippen molar-refractivity contribution in [2.75, 3.05) is 39.8 Å². The molecule has 1 heterocycles. The average Bonchev–Trinajstić information content (AvgIpc) is 2.18. The summed E-state index contributed by atoms with van der Waals surface area (Å²) in [5, 5.41) is 3.34. The van der Waals surface area contributed by atoms with E-state index in [1.807, 2.05) is 0 Å². The number of hydrogen-bond acceptors (Lipinski definition) is 3. The van der Waals surface area contributed by atoms with Crippen LogP contribution < -0.4 is 5.32 Å². The molecular formula is C12H24N2O. The SMILES string of the molecule is C=C(C)CN(C)CCOC1CCNCC1. The van der Waals surface area contributed by atoms with Crippen molar-refractivity contribution in [3.63, 3.8) is 0 Å². The van der Waals surface area contributed by atoms with Gasteiger partial charge in [-0.05, 0) is 39.9 Å². The molecule has 1 aliphatic heterocycles. The Bertz CT molecular complexity index is 188. The van der Waals surface area contributed by atoms with Gasteiger partial charge in [0.15, 0.2) is 0 Å². The summed E-state index contributed by atoms with van der Waals surface area (Å²) >= 11 is 0. The Kier molecular flexibility index (Phi) is 5.91. The Morgan fingerprint density at radius 3 is 2.73 bits per heavy atom. The van der Waals surface area contributed by atoms with Gasteiger partial charge in [-0.25, -0.2) is 0 Å². The molecule has 0 spiro atoms. The summed E-state index contributed by atoms with van der Waals surface area (Å²) < 4.78 is 5.82. The Morgan fingerprint density at radius 1 is 1.47 bits per heavy atom. The summed E-state index contributed by atoms with van der Waals surface area (Å²) in [5.74, 6) is 0. The van der Waals surface area contributed by atoms with E-state index < -0.39 is 0 Å². The highest BCUT2D eigenvalue weighted by Crippen LogP contribution is 2.06. The van der Waals surface area contributed by atoms with Gasteiger partial charge in [0.2, 0.25) is 0 Å². The number of nitrogens with one attached hydrogen (secondary N) is 1. The first-order chi connectivity index (χ1) is 7.18. The maximum absolute atomic E-state index is 5.82. The molecule has 0 aliphatic carbocycles. The fourth-order valence-electron chi connectivity index (χ4n) is 1.88. The fraction of sp³-hybridized carbons (Fsp3) is 0.833. The molecule has 88 valence electrons. The van der Waals surface area contributed by atoms with Gasteiger partial charge in [-0.2, -0.15) is 0 Å². The van der Waals surface area contributed by atoms with Gasteiger partial charge in [-0.1, -0.05) is 12.2 Å². The molecule has 0 radical (unpaired) electrons. The number of piperidine rings is 1. The van der Waals surface area contributed by atoms with E-state index in [1.54, 1.807) is 0 Å². The number of ether oxygens (including phenoxy) is 1. The molecule has 0 aromatic heterocycles. The van der Waals surface area contributed by atoms with Gasteiger partial charge in [-0.3, -0.25) is 0 Å². The van der Waals surface area contributed by atoms with Crippen LogP contribution >= 0.6 is 0 Å². The quantitative estimate of drug-likeness (QED) is 0.671. The number of hydrogen-bond donors (Lipinski definition) is 1. The smallest absolute Gasteiger partial charge is 0.0600 e. The predicted molar refractivity (Wildman–Crippen MR) is 64.2 cm³/mol. The largest absolute Gasteiger partial charge is 0.377 e. The van der Waals surface area contributed by atoms with Gasteiger partial charge in [0.05, 0.1) is 12.7 Å². The molecule has 0 atom stereocenters. The molecule has 0 amide bonds.